The molecule has 0 aliphatic carbocycles. The van der Waals surface area contributed by atoms with E-state index in [1.54, 1.807) is 17.1 Å². The maximum absolute atomic E-state index is 13.2. The summed E-state index contributed by atoms with van der Waals surface area (Å²) in [5, 5.41) is 0.600. The maximum atomic E-state index is 13.2. The minimum atomic E-state index is -0.218. The summed E-state index contributed by atoms with van der Waals surface area (Å²) < 4.78 is 5.14. The predicted molar refractivity (Wildman–Crippen MR) is 119 cm³/mol. The molecule has 0 fully saturated rings. The molecule has 0 saturated heterocycles. The fourth-order valence-electron chi connectivity index (χ4n) is 3.86. The van der Waals surface area contributed by atoms with Crippen molar-refractivity contribution in [2.45, 2.75) is 45.3 Å². The predicted octanol–water partition coefficient (Wildman–Crippen LogP) is 3.47. The number of nitrogens with zero attached hydrogens (tertiary/aromatic N) is 4. The van der Waals surface area contributed by atoms with Crippen LogP contribution in [0.4, 0.5) is 0 Å². The van der Waals surface area contributed by atoms with E-state index >= 15 is 0 Å². The smallest absolute Gasteiger partial charge is 0.331 e. The lowest BCUT2D eigenvalue weighted by Crippen LogP contribution is -2.40. The van der Waals surface area contributed by atoms with Crippen molar-refractivity contribution in [3.63, 3.8) is 0 Å². The standard InChI is InChI=1S/C24H26N4O2/c29-23-21-12-4-5-13-22(21)27(17-8-15-26-18-14-25-19-26)24(30)28(23)16-7-6-11-20-9-2-1-3-10-20/h1-5,9-10,12-14,18-19H,6-8,11,15-17H2. The highest BCUT2D eigenvalue weighted by Crippen LogP contribution is 2.10. The Morgan fingerprint density at radius 3 is 2.33 bits per heavy atom. The Bertz CT molecular complexity index is 1210. The maximum Gasteiger partial charge on any atom is 0.331 e. The average molecular weight is 402 g/mol. The number of hydrogen-bond acceptors (Lipinski definition) is 3. The van der Waals surface area contributed by atoms with Crippen LogP contribution in [0.5, 0.6) is 0 Å². The first-order valence-electron chi connectivity index (χ1n) is 10.5. The second-order valence-corrected chi connectivity index (χ2v) is 7.50. The van der Waals surface area contributed by atoms with E-state index in [2.05, 4.69) is 17.1 Å². The van der Waals surface area contributed by atoms with Crippen molar-refractivity contribution in [2.24, 2.45) is 0 Å². The van der Waals surface area contributed by atoms with Crippen molar-refractivity contribution < 1.29 is 0 Å². The molecule has 0 saturated carbocycles. The van der Waals surface area contributed by atoms with Gasteiger partial charge in [-0.2, -0.15) is 0 Å². The average Bonchev–Trinajstić information content (AvgIpc) is 3.30. The van der Waals surface area contributed by atoms with Gasteiger partial charge < -0.3 is 4.57 Å². The number of aromatic nitrogens is 4. The van der Waals surface area contributed by atoms with E-state index in [9.17, 15) is 9.59 Å². The third-order valence-corrected chi connectivity index (χ3v) is 5.43. The van der Waals surface area contributed by atoms with E-state index in [1.165, 1.54) is 10.1 Å². The van der Waals surface area contributed by atoms with Crippen LogP contribution in [0.15, 0.2) is 82.9 Å². The van der Waals surface area contributed by atoms with Crippen LogP contribution in [0.2, 0.25) is 0 Å². The van der Waals surface area contributed by atoms with Crippen LogP contribution in [-0.2, 0) is 26.1 Å². The molecule has 2 heterocycles. The van der Waals surface area contributed by atoms with Gasteiger partial charge in [-0.25, -0.2) is 9.78 Å². The number of imidazole rings is 1. The molecule has 0 aliphatic rings. The van der Waals surface area contributed by atoms with Gasteiger partial charge in [0.15, 0.2) is 0 Å². The van der Waals surface area contributed by atoms with Crippen molar-refractivity contribution >= 4 is 10.9 Å². The van der Waals surface area contributed by atoms with Gasteiger partial charge in [0.2, 0.25) is 0 Å². The number of aryl methyl sites for hydroxylation is 3. The number of benzene rings is 2. The quantitative estimate of drug-likeness (QED) is 0.403. The second-order valence-electron chi connectivity index (χ2n) is 7.50. The summed E-state index contributed by atoms with van der Waals surface area (Å²) in [5.74, 6) is 0. The van der Waals surface area contributed by atoms with Crippen LogP contribution in [0.3, 0.4) is 0 Å². The van der Waals surface area contributed by atoms with Crippen LogP contribution in [0, 0.1) is 0 Å². The van der Waals surface area contributed by atoms with E-state index in [0.717, 1.165) is 32.2 Å². The molecule has 4 rings (SSSR count). The number of para-hydroxylation sites is 1. The summed E-state index contributed by atoms with van der Waals surface area (Å²) in [6, 6.07) is 17.7. The molecule has 0 atom stereocenters. The molecule has 0 spiro atoms. The van der Waals surface area contributed by atoms with Gasteiger partial charge in [-0.05, 0) is 43.4 Å². The summed E-state index contributed by atoms with van der Waals surface area (Å²) in [6.07, 6.45) is 8.88. The molecular formula is C24H26N4O2. The van der Waals surface area contributed by atoms with Gasteiger partial charge in [0.1, 0.15) is 0 Å². The molecule has 2 aromatic carbocycles. The van der Waals surface area contributed by atoms with Gasteiger partial charge in [0.25, 0.3) is 5.56 Å². The summed E-state index contributed by atoms with van der Waals surface area (Å²) in [5.41, 5.74) is 1.57. The molecule has 6 heteroatoms. The monoisotopic (exact) mass is 402 g/mol. The van der Waals surface area contributed by atoms with Crippen molar-refractivity contribution in [1.82, 2.24) is 18.7 Å². The van der Waals surface area contributed by atoms with Gasteiger partial charge in [-0.1, -0.05) is 42.5 Å². The van der Waals surface area contributed by atoms with Crippen LogP contribution in [0.25, 0.3) is 10.9 Å². The molecule has 30 heavy (non-hydrogen) atoms. The molecule has 154 valence electrons. The Labute approximate surface area is 175 Å². The minimum absolute atomic E-state index is 0.193. The minimum Gasteiger partial charge on any atom is -0.337 e. The van der Waals surface area contributed by atoms with Crippen molar-refractivity contribution in [3.8, 4) is 0 Å². The Morgan fingerprint density at radius 1 is 0.767 bits per heavy atom. The summed E-state index contributed by atoms with van der Waals surface area (Å²) in [6.45, 7) is 1.77. The van der Waals surface area contributed by atoms with Gasteiger partial charge in [0, 0.05) is 32.0 Å². The highest BCUT2D eigenvalue weighted by Gasteiger charge is 2.12. The number of hydrogen-bond donors (Lipinski definition) is 0. The Kier molecular flexibility index (Phi) is 6.23. The molecule has 0 bridgehead atoms. The first-order valence-corrected chi connectivity index (χ1v) is 10.5. The SMILES string of the molecule is O=c1c2ccccc2n(CCCn2ccnc2)c(=O)n1CCCCc1ccccc1. The van der Waals surface area contributed by atoms with E-state index < -0.39 is 0 Å². The number of rotatable bonds is 9. The first-order chi connectivity index (χ1) is 14.7. The molecule has 0 unspecified atom stereocenters. The molecule has 0 radical (unpaired) electrons. The number of unbranched alkanes of at least 4 members (excludes halogenated alkanes) is 1. The summed E-state index contributed by atoms with van der Waals surface area (Å²) in [7, 11) is 0. The molecule has 0 aliphatic heterocycles. The van der Waals surface area contributed by atoms with Crippen molar-refractivity contribution in [2.75, 3.05) is 0 Å². The molecule has 0 amide bonds. The highest BCUT2D eigenvalue weighted by atomic mass is 16.2. The fraction of sp³-hybridized carbons (Fsp3) is 0.292. The van der Waals surface area contributed by atoms with Crippen molar-refractivity contribution in [3.05, 3.63) is 99.7 Å². The largest absolute Gasteiger partial charge is 0.337 e. The molecule has 4 aromatic rings. The van der Waals surface area contributed by atoms with E-state index in [4.69, 9.17) is 0 Å². The lowest BCUT2D eigenvalue weighted by atomic mass is 10.1. The molecule has 6 nitrogen and oxygen atoms in total. The molecular weight excluding hydrogens is 376 g/mol. The first kappa shape index (κ1) is 19.9. The van der Waals surface area contributed by atoms with E-state index in [-0.39, 0.29) is 11.2 Å². The normalized spacial score (nSPS) is 11.2. The number of fused-ring (bicyclic) bond motifs is 1. The van der Waals surface area contributed by atoms with Crippen LogP contribution >= 0.6 is 0 Å². The summed E-state index contributed by atoms with van der Waals surface area (Å²) in [4.78, 5) is 30.2. The van der Waals surface area contributed by atoms with Gasteiger partial charge in [-0.3, -0.25) is 13.9 Å². The second kappa shape index (κ2) is 9.39. The van der Waals surface area contributed by atoms with E-state index in [1.807, 2.05) is 53.2 Å². The zero-order chi connectivity index (χ0) is 20.8. The Hall–Kier alpha value is -3.41. The van der Waals surface area contributed by atoms with Crippen LogP contribution in [0.1, 0.15) is 24.8 Å². The van der Waals surface area contributed by atoms with E-state index in [0.29, 0.717) is 24.0 Å². The van der Waals surface area contributed by atoms with Crippen molar-refractivity contribution in [1.29, 1.82) is 0 Å². The van der Waals surface area contributed by atoms with Gasteiger partial charge >= 0.3 is 5.69 Å². The zero-order valence-corrected chi connectivity index (χ0v) is 17.0. The lowest BCUT2D eigenvalue weighted by molar-refractivity contribution is 0.509. The molecule has 2 aromatic heterocycles. The van der Waals surface area contributed by atoms with Gasteiger partial charge in [-0.15, -0.1) is 0 Å². The lowest BCUT2D eigenvalue weighted by Gasteiger charge is -2.14. The third kappa shape index (κ3) is 4.43. The van der Waals surface area contributed by atoms with Crippen LogP contribution < -0.4 is 11.2 Å². The fourth-order valence-corrected chi connectivity index (χ4v) is 3.86. The summed E-state index contributed by atoms with van der Waals surface area (Å²) >= 11 is 0. The Balaban J connectivity index is 1.53. The molecule has 0 N–H and O–H groups in total. The van der Waals surface area contributed by atoms with Gasteiger partial charge in [0.05, 0.1) is 17.2 Å². The third-order valence-electron chi connectivity index (χ3n) is 5.43. The topological polar surface area (TPSA) is 61.8 Å². The zero-order valence-electron chi connectivity index (χ0n) is 17.0. The Morgan fingerprint density at radius 2 is 1.53 bits per heavy atom. The highest BCUT2D eigenvalue weighted by molar-refractivity contribution is 5.77. The van der Waals surface area contributed by atoms with Crippen LogP contribution in [-0.4, -0.2) is 18.7 Å².